The molecule has 12 heavy (non-hydrogen) atoms. The molecule has 0 saturated carbocycles. The van der Waals surface area contributed by atoms with Gasteiger partial charge in [0.1, 0.15) is 0 Å². The minimum absolute atomic E-state index is 0.0793. The maximum atomic E-state index is 10.5. The first-order valence-electron chi connectivity index (χ1n) is 4.06. The molecule has 3 N–H and O–H groups in total. The summed E-state index contributed by atoms with van der Waals surface area (Å²) in [4.78, 5) is 0. The van der Waals surface area contributed by atoms with Crippen LogP contribution in [0.1, 0.15) is 13.3 Å². The molecule has 4 nitrogen and oxygen atoms in total. The van der Waals surface area contributed by atoms with Crippen LogP contribution in [0.3, 0.4) is 0 Å². The van der Waals surface area contributed by atoms with Gasteiger partial charge in [-0.05, 0) is 13.3 Å². The molecular formula is C7H15N2O2S-. The van der Waals surface area contributed by atoms with Crippen LogP contribution in [-0.4, -0.2) is 33.6 Å². The van der Waals surface area contributed by atoms with Crippen LogP contribution in [0.25, 0.3) is 0 Å². The summed E-state index contributed by atoms with van der Waals surface area (Å²) in [5.41, 5.74) is 5.55. The largest absolute Gasteiger partial charge is 0.772 e. The van der Waals surface area contributed by atoms with Crippen LogP contribution in [0.2, 0.25) is 0 Å². The zero-order valence-corrected chi connectivity index (χ0v) is 8.02. The van der Waals surface area contributed by atoms with Crippen molar-refractivity contribution in [2.24, 2.45) is 11.1 Å². The quantitative estimate of drug-likeness (QED) is 0.570. The molecule has 2 unspecified atom stereocenters. The Kier molecular flexibility index (Phi) is 3.22. The summed E-state index contributed by atoms with van der Waals surface area (Å²) >= 11 is -1.95. The second-order valence-corrected chi connectivity index (χ2v) is 4.63. The normalized spacial score (nSPS) is 25.9. The average Bonchev–Trinajstić information content (AvgIpc) is 1.80. The van der Waals surface area contributed by atoms with Gasteiger partial charge in [0.2, 0.25) is 0 Å². The summed E-state index contributed by atoms with van der Waals surface area (Å²) < 4.78 is 21.0. The second kappa shape index (κ2) is 3.83. The molecule has 0 aliphatic carbocycles. The first-order chi connectivity index (χ1) is 5.54. The molecule has 72 valence electrons. The Labute approximate surface area is 75.2 Å². The molecule has 0 aromatic carbocycles. The zero-order chi connectivity index (χ0) is 9.19. The molecule has 0 aromatic heterocycles. The van der Waals surface area contributed by atoms with Crippen molar-refractivity contribution in [1.82, 2.24) is 5.32 Å². The van der Waals surface area contributed by atoms with Crippen molar-refractivity contribution in [3.8, 4) is 0 Å². The SMILES string of the molecule is CC(N)CC1(CS(=O)[O-])CNC1. The molecule has 1 fully saturated rings. The van der Waals surface area contributed by atoms with Crippen LogP contribution in [-0.2, 0) is 11.1 Å². The smallest absolute Gasteiger partial charge is 0.0183 e. The molecule has 1 saturated heterocycles. The molecular weight excluding hydrogens is 176 g/mol. The Morgan fingerprint density at radius 2 is 2.33 bits per heavy atom. The van der Waals surface area contributed by atoms with Crippen LogP contribution in [0.15, 0.2) is 0 Å². The van der Waals surface area contributed by atoms with Crippen LogP contribution in [0.4, 0.5) is 0 Å². The van der Waals surface area contributed by atoms with E-state index in [1.807, 2.05) is 6.92 Å². The van der Waals surface area contributed by atoms with Gasteiger partial charge in [-0.25, -0.2) is 0 Å². The molecule has 0 aromatic rings. The summed E-state index contributed by atoms with van der Waals surface area (Å²) in [6, 6.07) is 0.0793. The molecule has 0 amide bonds. The highest BCUT2D eigenvalue weighted by Gasteiger charge is 2.37. The first-order valence-corrected chi connectivity index (χ1v) is 5.31. The summed E-state index contributed by atoms with van der Waals surface area (Å²) in [6.07, 6.45) is 0.786. The van der Waals surface area contributed by atoms with E-state index in [1.54, 1.807) is 0 Å². The predicted molar refractivity (Wildman–Crippen MR) is 47.4 cm³/mol. The van der Waals surface area contributed by atoms with E-state index in [9.17, 15) is 8.76 Å². The van der Waals surface area contributed by atoms with Crippen molar-refractivity contribution >= 4 is 11.1 Å². The molecule has 1 aliphatic heterocycles. The van der Waals surface area contributed by atoms with E-state index in [4.69, 9.17) is 5.73 Å². The number of nitrogens with two attached hydrogens (primary N) is 1. The highest BCUT2D eigenvalue weighted by Crippen LogP contribution is 2.28. The molecule has 0 spiro atoms. The van der Waals surface area contributed by atoms with Crippen molar-refractivity contribution in [3.05, 3.63) is 0 Å². The molecule has 2 atom stereocenters. The van der Waals surface area contributed by atoms with Crippen molar-refractivity contribution in [1.29, 1.82) is 0 Å². The predicted octanol–water partition coefficient (Wildman–Crippen LogP) is -0.808. The number of hydrogen-bond donors (Lipinski definition) is 2. The van der Waals surface area contributed by atoms with Crippen LogP contribution in [0.5, 0.6) is 0 Å². The molecule has 1 aliphatic rings. The maximum Gasteiger partial charge on any atom is 0.0183 e. The third-order valence-corrected chi connectivity index (χ3v) is 3.03. The van der Waals surface area contributed by atoms with Crippen LogP contribution < -0.4 is 11.1 Å². The lowest BCUT2D eigenvalue weighted by Crippen LogP contribution is -2.58. The summed E-state index contributed by atoms with van der Waals surface area (Å²) in [6.45, 7) is 3.47. The van der Waals surface area contributed by atoms with Gasteiger partial charge in [0.05, 0.1) is 0 Å². The lowest BCUT2D eigenvalue weighted by atomic mass is 9.78. The number of hydrogen-bond acceptors (Lipinski definition) is 4. The Morgan fingerprint density at radius 3 is 2.58 bits per heavy atom. The fraction of sp³-hybridized carbons (Fsp3) is 1.00. The van der Waals surface area contributed by atoms with Gasteiger partial charge in [-0.15, -0.1) is 0 Å². The van der Waals surface area contributed by atoms with Gasteiger partial charge in [0, 0.05) is 30.3 Å². The Hall–Kier alpha value is 0.0300. The monoisotopic (exact) mass is 191 g/mol. The average molecular weight is 191 g/mol. The van der Waals surface area contributed by atoms with Crippen molar-refractivity contribution in [2.45, 2.75) is 19.4 Å². The van der Waals surface area contributed by atoms with Crippen molar-refractivity contribution < 1.29 is 8.76 Å². The minimum Gasteiger partial charge on any atom is -0.772 e. The molecule has 0 radical (unpaired) electrons. The van der Waals surface area contributed by atoms with E-state index < -0.39 is 11.1 Å². The molecule has 1 rings (SSSR count). The van der Waals surface area contributed by atoms with Gasteiger partial charge in [0.25, 0.3) is 0 Å². The van der Waals surface area contributed by atoms with Gasteiger partial charge < -0.3 is 15.6 Å². The topological polar surface area (TPSA) is 78.2 Å². The van der Waals surface area contributed by atoms with Crippen LogP contribution >= 0.6 is 0 Å². The summed E-state index contributed by atoms with van der Waals surface area (Å²) in [5, 5.41) is 3.08. The first kappa shape index (κ1) is 10.1. The summed E-state index contributed by atoms with van der Waals surface area (Å²) in [5.74, 6) is 0.238. The van der Waals surface area contributed by atoms with Crippen molar-refractivity contribution in [3.63, 3.8) is 0 Å². The fourth-order valence-electron chi connectivity index (χ4n) is 1.72. The third kappa shape index (κ3) is 2.52. The van der Waals surface area contributed by atoms with E-state index in [0.29, 0.717) is 0 Å². The lowest BCUT2D eigenvalue weighted by Gasteiger charge is -2.44. The highest BCUT2D eigenvalue weighted by atomic mass is 32.2. The standard InChI is InChI=1S/C7H16N2O2S/c1-6(8)2-7(3-9-4-7)5-12(10)11/h6,9H,2-5,8H2,1H3,(H,10,11)/p-1. The van der Waals surface area contributed by atoms with E-state index in [-0.39, 0.29) is 17.2 Å². The van der Waals surface area contributed by atoms with E-state index in [2.05, 4.69) is 5.32 Å². The van der Waals surface area contributed by atoms with Crippen LogP contribution in [0, 0.1) is 5.41 Å². The lowest BCUT2D eigenvalue weighted by molar-refractivity contribution is 0.172. The van der Waals surface area contributed by atoms with E-state index in [1.165, 1.54) is 0 Å². The fourth-order valence-corrected chi connectivity index (χ4v) is 2.54. The second-order valence-electron chi connectivity index (χ2n) is 3.73. The Balaban J connectivity index is 2.45. The molecule has 0 bridgehead atoms. The van der Waals surface area contributed by atoms with Gasteiger partial charge >= 0.3 is 0 Å². The van der Waals surface area contributed by atoms with Gasteiger partial charge in [-0.2, -0.15) is 0 Å². The number of rotatable bonds is 4. The minimum atomic E-state index is -1.95. The Morgan fingerprint density at radius 1 is 1.75 bits per heavy atom. The van der Waals surface area contributed by atoms with E-state index >= 15 is 0 Å². The maximum absolute atomic E-state index is 10.5. The number of nitrogens with one attached hydrogen (secondary N) is 1. The highest BCUT2D eigenvalue weighted by molar-refractivity contribution is 7.79. The third-order valence-electron chi connectivity index (χ3n) is 2.18. The zero-order valence-electron chi connectivity index (χ0n) is 7.21. The van der Waals surface area contributed by atoms with Crippen molar-refractivity contribution in [2.75, 3.05) is 18.8 Å². The summed E-state index contributed by atoms with van der Waals surface area (Å²) in [7, 11) is 0. The molecule has 1 heterocycles. The van der Waals surface area contributed by atoms with Gasteiger partial charge in [-0.3, -0.25) is 4.21 Å². The van der Waals surface area contributed by atoms with Gasteiger partial charge in [0.15, 0.2) is 0 Å². The Bertz CT molecular complexity index is 180. The van der Waals surface area contributed by atoms with E-state index in [0.717, 1.165) is 19.5 Å². The van der Waals surface area contributed by atoms with Gasteiger partial charge in [-0.1, -0.05) is 11.1 Å². The molecule has 5 heteroatoms.